The molecular weight excluding hydrogens is 446 g/mol. The van der Waals surface area contributed by atoms with Gasteiger partial charge in [-0.2, -0.15) is 0 Å². The van der Waals surface area contributed by atoms with Crippen molar-refractivity contribution in [2.45, 2.75) is 43.7 Å². The maximum atomic E-state index is 12.8. The molecule has 3 rings (SSSR count). The van der Waals surface area contributed by atoms with E-state index in [1.54, 1.807) is 42.8 Å². The zero-order valence-corrected chi connectivity index (χ0v) is 20.2. The third-order valence-electron chi connectivity index (χ3n) is 5.18. The van der Waals surface area contributed by atoms with Crippen molar-refractivity contribution in [2.75, 3.05) is 33.9 Å². The molecule has 0 saturated carbocycles. The molecule has 2 aliphatic heterocycles. The van der Waals surface area contributed by atoms with Crippen LogP contribution in [0.5, 0.6) is 0 Å². The Hall–Kier alpha value is -2.47. The van der Waals surface area contributed by atoms with E-state index in [-0.39, 0.29) is 24.1 Å². The van der Waals surface area contributed by atoms with Crippen LogP contribution in [-0.2, 0) is 23.8 Å². The van der Waals surface area contributed by atoms with Crippen LogP contribution in [0.2, 0.25) is 0 Å². The molecule has 182 valence electrons. The monoisotopic (exact) mass is 480 g/mol. The van der Waals surface area contributed by atoms with Crippen molar-refractivity contribution >= 4 is 23.6 Å². The second-order valence-electron chi connectivity index (χ2n) is 8.02. The highest BCUT2D eigenvalue weighted by molar-refractivity contribution is 8.02. The predicted octanol–water partition coefficient (Wildman–Crippen LogP) is -0.252. The number of thioether (sulfide) groups is 1. The molecular formula is C22H34N5O5S+. The fourth-order valence-electron chi connectivity index (χ4n) is 3.43. The van der Waals surface area contributed by atoms with Crippen LogP contribution >= 0.6 is 11.8 Å². The van der Waals surface area contributed by atoms with Crippen molar-refractivity contribution in [2.24, 2.45) is 0 Å². The Labute approximate surface area is 198 Å². The van der Waals surface area contributed by atoms with Gasteiger partial charge in [-0.05, 0) is 25.5 Å². The van der Waals surface area contributed by atoms with Gasteiger partial charge in [0.05, 0.1) is 12.7 Å². The fourth-order valence-corrected chi connectivity index (χ4v) is 4.26. The molecule has 0 bridgehead atoms. The topological polar surface area (TPSA) is 129 Å². The van der Waals surface area contributed by atoms with Crippen molar-refractivity contribution in [1.29, 1.82) is 0 Å². The predicted molar refractivity (Wildman–Crippen MR) is 125 cm³/mol. The maximum absolute atomic E-state index is 12.8. The number of quaternary nitrogens is 1. The standard InChI is InChI=1S/C22H33N5O5S/c1-14(12-30-3)31-16-9-15(20(28)26-19(23)5-6-24-2)10-17(11-16)32-22-25-18(13-33-22)21(29)27-7-4-8-27/h5-6,9,11,13-14,17,19,22,24-25H,4,7-8,10,12,23H2,1-3H3,(H,26,28)/p+1. The lowest BCUT2D eigenvalue weighted by molar-refractivity contribution is -0.408. The molecule has 4 atom stereocenters. The van der Waals surface area contributed by atoms with Crippen LogP contribution < -0.4 is 21.7 Å². The number of likely N-dealkylation sites (tertiary alicyclic amines) is 1. The summed E-state index contributed by atoms with van der Waals surface area (Å²) < 4.78 is 17.3. The first kappa shape index (κ1) is 25.2. The Bertz CT molecular complexity index is 839. The van der Waals surface area contributed by atoms with Crippen LogP contribution in [0.1, 0.15) is 19.8 Å². The van der Waals surface area contributed by atoms with E-state index < -0.39 is 11.7 Å². The van der Waals surface area contributed by atoms with Crippen LogP contribution in [0, 0.1) is 0 Å². The molecule has 0 spiro atoms. The second-order valence-corrected chi connectivity index (χ2v) is 8.95. The van der Waals surface area contributed by atoms with Gasteiger partial charge in [0.25, 0.3) is 11.8 Å². The summed E-state index contributed by atoms with van der Waals surface area (Å²) in [6.07, 6.45) is 7.46. The highest BCUT2D eigenvalue weighted by Crippen LogP contribution is 2.29. The van der Waals surface area contributed by atoms with Gasteiger partial charge in [0.2, 0.25) is 0 Å². The molecule has 1 saturated heterocycles. The average molecular weight is 481 g/mol. The van der Waals surface area contributed by atoms with Gasteiger partial charge in [0, 0.05) is 56.9 Å². The first-order valence-corrected chi connectivity index (χ1v) is 12.0. The van der Waals surface area contributed by atoms with E-state index in [4.69, 9.17) is 14.2 Å². The van der Waals surface area contributed by atoms with Crippen molar-refractivity contribution < 1.29 is 29.5 Å². The number of allylic oxidation sites excluding steroid dienone is 1. The highest BCUT2D eigenvalue weighted by Gasteiger charge is 2.31. The van der Waals surface area contributed by atoms with Crippen LogP contribution in [0.15, 0.2) is 46.9 Å². The molecule has 0 aromatic carbocycles. The Balaban J connectivity index is 1.63. The van der Waals surface area contributed by atoms with E-state index in [2.05, 4.69) is 21.7 Å². The molecule has 11 heteroatoms. The van der Waals surface area contributed by atoms with Crippen LogP contribution in [0.3, 0.4) is 0 Å². The smallest absolute Gasteiger partial charge is 0.270 e. The largest absolute Gasteiger partial charge is 0.489 e. The van der Waals surface area contributed by atoms with E-state index in [0.717, 1.165) is 19.5 Å². The quantitative estimate of drug-likeness (QED) is 0.298. The molecule has 0 aromatic heterocycles. The SMILES string of the molecule is CNC=CC([NH3+])NC(=O)C1=CC(OC(C)COC)=CC(OC2NC(C(=O)N3CCC3)=CS2)C1. The average Bonchev–Trinajstić information content (AvgIpc) is 3.19. The Morgan fingerprint density at radius 2 is 2.21 bits per heavy atom. The Morgan fingerprint density at radius 1 is 1.42 bits per heavy atom. The number of carbonyl (C=O) groups is 2. The van der Waals surface area contributed by atoms with Crippen molar-refractivity contribution in [3.05, 3.63) is 46.9 Å². The van der Waals surface area contributed by atoms with Gasteiger partial charge in [-0.25, -0.2) is 0 Å². The molecule has 6 N–H and O–H groups in total. The number of carbonyl (C=O) groups excluding carboxylic acids is 2. The molecule has 1 aliphatic carbocycles. The van der Waals surface area contributed by atoms with Gasteiger partial charge in [0.15, 0.2) is 11.7 Å². The zero-order valence-electron chi connectivity index (χ0n) is 19.3. The van der Waals surface area contributed by atoms with Crippen LogP contribution in [0.4, 0.5) is 0 Å². The van der Waals surface area contributed by atoms with E-state index in [0.29, 0.717) is 30.1 Å². The summed E-state index contributed by atoms with van der Waals surface area (Å²) in [7, 11) is 3.39. The summed E-state index contributed by atoms with van der Waals surface area (Å²) in [5, 5.41) is 10.7. The fraction of sp³-hybridized carbons (Fsp3) is 0.545. The Morgan fingerprint density at radius 3 is 2.88 bits per heavy atom. The Kier molecular flexibility index (Phi) is 9.24. The summed E-state index contributed by atoms with van der Waals surface area (Å²) in [4.78, 5) is 27.1. The lowest BCUT2D eigenvalue weighted by Gasteiger charge is -2.31. The summed E-state index contributed by atoms with van der Waals surface area (Å²) in [6, 6.07) is 0. The normalized spacial score (nSPS) is 24.1. The van der Waals surface area contributed by atoms with Gasteiger partial charge in [-0.15, -0.1) is 0 Å². The maximum Gasteiger partial charge on any atom is 0.270 e. The molecule has 1 fully saturated rings. The number of methoxy groups -OCH3 is 1. The summed E-state index contributed by atoms with van der Waals surface area (Å²) in [5.74, 6) is 0.296. The van der Waals surface area contributed by atoms with E-state index in [9.17, 15) is 9.59 Å². The first-order chi connectivity index (χ1) is 15.9. The van der Waals surface area contributed by atoms with Crippen molar-refractivity contribution in [3.63, 3.8) is 0 Å². The van der Waals surface area contributed by atoms with Crippen LogP contribution in [0.25, 0.3) is 0 Å². The van der Waals surface area contributed by atoms with Gasteiger partial charge in [-0.3, -0.25) is 14.9 Å². The minimum Gasteiger partial charge on any atom is -0.489 e. The lowest BCUT2D eigenvalue weighted by atomic mass is 10.0. The van der Waals surface area contributed by atoms with Crippen LogP contribution in [-0.4, -0.2) is 74.5 Å². The third kappa shape index (κ3) is 7.26. The number of amides is 2. The molecule has 2 heterocycles. The molecule has 10 nitrogen and oxygen atoms in total. The van der Waals surface area contributed by atoms with Gasteiger partial charge >= 0.3 is 0 Å². The molecule has 4 unspecified atom stereocenters. The van der Waals surface area contributed by atoms with Gasteiger partial charge in [0.1, 0.15) is 17.6 Å². The molecule has 0 radical (unpaired) electrons. The van der Waals surface area contributed by atoms with E-state index >= 15 is 0 Å². The van der Waals surface area contributed by atoms with Gasteiger partial charge < -0.3 is 35.5 Å². The van der Waals surface area contributed by atoms with E-state index in [1.165, 1.54) is 11.8 Å². The second kappa shape index (κ2) is 12.1. The van der Waals surface area contributed by atoms with Crippen molar-refractivity contribution in [3.8, 4) is 0 Å². The van der Waals surface area contributed by atoms with E-state index in [1.807, 2.05) is 13.0 Å². The van der Waals surface area contributed by atoms with Gasteiger partial charge in [-0.1, -0.05) is 11.8 Å². The lowest BCUT2D eigenvalue weighted by Crippen LogP contribution is -2.68. The molecule has 3 aliphatic rings. The minimum atomic E-state index is -0.425. The number of nitrogens with zero attached hydrogens (tertiary/aromatic N) is 1. The zero-order chi connectivity index (χ0) is 23.8. The number of rotatable bonds is 11. The third-order valence-corrected chi connectivity index (χ3v) is 6.03. The summed E-state index contributed by atoms with van der Waals surface area (Å²) >= 11 is 1.40. The molecule has 2 amide bonds. The number of hydrogen-bond donors (Lipinski definition) is 4. The number of ether oxygens (including phenoxy) is 3. The summed E-state index contributed by atoms with van der Waals surface area (Å²) in [5.41, 5.74) is 4.56. The van der Waals surface area contributed by atoms with Crippen molar-refractivity contribution in [1.82, 2.24) is 20.9 Å². The molecule has 33 heavy (non-hydrogen) atoms. The number of nitrogens with one attached hydrogen (secondary N) is 3. The summed E-state index contributed by atoms with van der Waals surface area (Å²) in [6.45, 7) is 3.89. The highest BCUT2D eigenvalue weighted by atomic mass is 32.2. The minimum absolute atomic E-state index is 0.00692. The number of hydrogen-bond acceptors (Lipinski definition) is 8. The first-order valence-electron chi connectivity index (χ1n) is 11.0. The molecule has 0 aromatic rings.